The van der Waals surface area contributed by atoms with E-state index in [-0.39, 0.29) is 18.4 Å². The third kappa shape index (κ3) is 6.09. The maximum atomic E-state index is 12.1. The summed E-state index contributed by atoms with van der Waals surface area (Å²) in [6.07, 6.45) is 5.20. The van der Waals surface area contributed by atoms with E-state index in [1.807, 2.05) is 6.92 Å². The number of amides is 1. The lowest BCUT2D eigenvalue weighted by Gasteiger charge is -2.24. The number of carboxylic acid groups (broad SMARTS) is 1. The molecule has 17 heavy (non-hydrogen) atoms. The lowest BCUT2D eigenvalue weighted by atomic mass is 9.97. The number of unbranched alkanes of at least 4 members (excludes halogenated alkanes) is 1. The maximum Gasteiger partial charge on any atom is 0.323 e. The van der Waals surface area contributed by atoms with E-state index < -0.39 is 5.97 Å². The van der Waals surface area contributed by atoms with Crippen LogP contribution < -0.4 is 0 Å². The molecule has 1 N–H and O–H groups in total. The number of carboxylic acids is 1. The topological polar surface area (TPSA) is 57.6 Å². The molecule has 1 amide bonds. The van der Waals surface area contributed by atoms with E-state index >= 15 is 0 Å². The fraction of sp³-hybridized carbons (Fsp3) is 0.692. The molecule has 0 aliphatic rings. The van der Waals surface area contributed by atoms with E-state index in [1.165, 1.54) is 4.90 Å². The fourth-order valence-electron chi connectivity index (χ4n) is 1.76. The van der Waals surface area contributed by atoms with Crippen molar-refractivity contribution < 1.29 is 14.7 Å². The third-order valence-electron chi connectivity index (χ3n) is 2.74. The molecular formula is C13H23NO3. The van der Waals surface area contributed by atoms with Crippen LogP contribution in [0, 0.1) is 5.92 Å². The van der Waals surface area contributed by atoms with Crippen LogP contribution in [0.5, 0.6) is 0 Å². The van der Waals surface area contributed by atoms with Crippen LogP contribution in [0.4, 0.5) is 0 Å². The molecule has 0 aromatic heterocycles. The second-order valence-corrected chi connectivity index (χ2v) is 4.15. The van der Waals surface area contributed by atoms with Gasteiger partial charge in [0.1, 0.15) is 6.54 Å². The SMILES string of the molecule is C=CCN(CC(=O)O)C(=O)C(CC)CCCC. The van der Waals surface area contributed by atoms with Crippen molar-refractivity contribution in [2.24, 2.45) is 5.92 Å². The lowest BCUT2D eigenvalue weighted by Crippen LogP contribution is -2.39. The van der Waals surface area contributed by atoms with Crippen LogP contribution in [0.3, 0.4) is 0 Å². The molecule has 0 aromatic carbocycles. The Morgan fingerprint density at radius 3 is 2.47 bits per heavy atom. The summed E-state index contributed by atoms with van der Waals surface area (Å²) in [6, 6.07) is 0. The zero-order chi connectivity index (χ0) is 13.3. The molecule has 0 aromatic rings. The number of hydrogen-bond donors (Lipinski definition) is 1. The van der Waals surface area contributed by atoms with Crippen molar-refractivity contribution in [1.82, 2.24) is 4.90 Å². The quantitative estimate of drug-likeness (QED) is 0.630. The van der Waals surface area contributed by atoms with E-state index in [2.05, 4.69) is 13.5 Å². The molecule has 98 valence electrons. The van der Waals surface area contributed by atoms with E-state index in [1.54, 1.807) is 6.08 Å². The monoisotopic (exact) mass is 241 g/mol. The van der Waals surface area contributed by atoms with Gasteiger partial charge in [0.05, 0.1) is 0 Å². The summed E-state index contributed by atoms with van der Waals surface area (Å²) < 4.78 is 0. The highest BCUT2D eigenvalue weighted by molar-refractivity contribution is 5.83. The predicted octanol–water partition coefficient (Wildman–Crippen LogP) is 2.30. The molecule has 0 aliphatic carbocycles. The molecule has 0 heterocycles. The molecule has 4 nitrogen and oxygen atoms in total. The first kappa shape index (κ1) is 15.7. The summed E-state index contributed by atoms with van der Waals surface area (Å²) in [5.41, 5.74) is 0. The van der Waals surface area contributed by atoms with E-state index in [0.717, 1.165) is 25.7 Å². The number of carbonyl (C=O) groups excluding carboxylic acids is 1. The zero-order valence-electron chi connectivity index (χ0n) is 10.8. The van der Waals surface area contributed by atoms with Gasteiger partial charge < -0.3 is 10.0 Å². The van der Waals surface area contributed by atoms with Crippen molar-refractivity contribution in [3.8, 4) is 0 Å². The summed E-state index contributed by atoms with van der Waals surface area (Å²) in [4.78, 5) is 24.2. The molecular weight excluding hydrogens is 218 g/mol. The Hall–Kier alpha value is -1.32. The molecule has 1 atom stereocenters. The van der Waals surface area contributed by atoms with Crippen LogP contribution in [-0.4, -0.2) is 35.0 Å². The summed E-state index contributed by atoms with van der Waals surface area (Å²) in [7, 11) is 0. The summed E-state index contributed by atoms with van der Waals surface area (Å²) in [5.74, 6) is -1.11. The molecule has 4 heteroatoms. The number of aliphatic carboxylic acids is 1. The van der Waals surface area contributed by atoms with Crippen molar-refractivity contribution in [2.75, 3.05) is 13.1 Å². The van der Waals surface area contributed by atoms with Gasteiger partial charge in [-0.25, -0.2) is 0 Å². The van der Waals surface area contributed by atoms with Gasteiger partial charge >= 0.3 is 5.97 Å². The standard InChI is InChI=1S/C13H23NO3/c1-4-7-8-11(6-3)13(17)14(9-5-2)10-12(15)16/h5,11H,2,4,6-10H2,1,3H3,(H,15,16). The van der Waals surface area contributed by atoms with Crippen LogP contribution in [0.2, 0.25) is 0 Å². The summed E-state index contributed by atoms with van der Waals surface area (Å²) in [5, 5.41) is 8.76. The first-order valence-electron chi connectivity index (χ1n) is 6.18. The minimum atomic E-state index is -0.981. The van der Waals surface area contributed by atoms with E-state index in [9.17, 15) is 9.59 Å². The first-order chi connectivity index (χ1) is 8.06. The van der Waals surface area contributed by atoms with Crippen LogP contribution >= 0.6 is 0 Å². The number of hydrogen-bond acceptors (Lipinski definition) is 2. The number of carbonyl (C=O) groups is 2. The third-order valence-corrected chi connectivity index (χ3v) is 2.74. The van der Waals surface area contributed by atoms with Crippen LogP contribution in [-0.2, 0) is 9.59 Å². The summed E-state index contributed by atoms with van der Waals surface area (Å²) in [6.45, 7) is 7.65. The second-order valence-electron chi connectivity index (χ2n) is 4.15. The van der Waals surface area contributed by atoms with Gasteiger partial charge in [-0.3, -0.25) is 9.59 Å². The van der Waals surface area contributed by atoms with Gasteiger partial charge in [0.2, 0.25) is 5.91 Å². The molecule has 0 radical (unpaired) electrons. The van der Waals surface area contributed by atoms with Crippen molar-refractivity contribution in [3.63, 3.8) is 0 Å². The molecule has 0 fully saturated rings. The van der Waals surface area contributed by atoms with Crippen LogP contribution in [0.1, 0.15) is 39.5 Å². The Bertz CT molecular complexity index is 263. The van der Waals surface area contributed by atoms with Crippen LogP contribution in [0.15, 0.2) is 12.7 Å². The van der Waals surface area contributed by atoms with E-state index in [4.69, 9.17) is 5.11 Å². The average Bonchev–Trinajstić information content (AvgIpc) is 2.28. The van der Waals surface area contributed by atoms with Crippen LogP contribution in [0.25, 0.3) is 0 Å². The molecule has 0 bridgehead atoms. The molecule has 0 spiro atoms. The smallest absolute Gasteiger partial charge is 0.323 e. The number of nitrogens with zero attached hydrogens (tertiary/aromatic N) is 1. The first-order valence-corrected chi connectivity index (χ1v) is 6.18. The number of rotatable bonds is 9. The highest BCUT2D eigenvalue weighted by Crippen LogP contribution is 2.15. The normalized spacial score (nSPS) is 11.9. The zero-order valence-corrected chi connectivity index (χ0v) is 10.8. The van der Waals surface area contributed by atoms with Crippen molar-refractivity contribution >= 4 is 11.9 Å². The van der Waals surface area contributed by atoms with Gasteiger partial charge in [-0.05, 0) is 12.8 Å². The van der Waals surface area contributed by atoms with Gasteiger partial charge in [0.25, 0.3) is 0 Å². The molecule has 0 aliphatic heterocycles. The molecule has 1 unspecified atom stereocenters. The Morgan fingerprint density at radius 2 is 2.06 bits per heavy atom. The Kier molecular flexibility index (Phi) is 8.11. The van der Waals surface area contributed by atoms with Gasteiger partial charge in [-0.2, -0.15) is 0 Å². The van der Waals surface area contributed by atoms with Crippen molar-refractivity contribution in [2.45, 2.75) is 39.5 Å². The largest absolute Gasteiger partial charge is 0.480 e. The van der Waals surface area contributed by atoms with Gasteiger partial charge in [0, 0.05) is 12.5 Å². The van der Waals surface area contributed by atoms with Gasteiger partial charge in [-0.15, -0.1) is 6.58 Å². The highest BCUT2D eigenvalue weighted by Gasteiger charge is 2.23. The predicted molar refractivity (Wildman–Crippen MR) is 67.7 cm³/mol. The highest BCUT2D eigenvalue weighted by atomic mass is 16.4. The Morgan fingerprint density at radius 1 is 1.41 bits per heavy atom. The maximum absolute atomic E-state index is 12.1. The van der Waals surface area contributed by atoms with Gasteiger partial charge in [0.15, 0.2) is 0 Å². The summed E-state index contributed by atoms with van der Waals surface area (Å²) >= 11 is 0. The molecule has 0 rings (SSSR count). The van der Waals surface area contributed by atoms with Crippen molar-refractivity contribution in [3.05, 3.63) is 12.7 Å². The average molecular weight is 241 g/mol. The molecule has 0 saturated carbocycles. The Labute approximate surface area is 103 Å². The van der Waals surface area contributed by atoms with E-state index in [0.29, 0.717) is 6.54 Å². The minimum Gasteiger partial charge on any atom is -0.480 e. The minimum absolute atomic E-state index is 0.0609. The van der Waals surface area contributed by atoms with Crippen molar-refractivity contribution in [1.29, 1.82) is 0 Å². The van der Waals surface area contributed by atoms with Gasteiger partial charge in [-0.1, -0.05) is 32.8 Å². The molecule has 0 saturated heterocycles. The lowest BCUT2D eigenvalue weighted by molar-refractivity contribution is -0.146. The second kappa shape index (κ2) is 8.79. The fourth-order valence-corrected chi connectivity index (χ4v) is 1.76. The Balaban J connectivity index is 4.53.